The molecule has 4 rings (SSSR count). The highest BCUT2D eigenvalue weighted by molar-refractivity contribution is 7.99. The number of nitrogens with zero attached hydrogens (tertiary/aromatic N) is 3. The first-order valence-electron chi connectivity index (χ1n) is 9.58. The summed E-state index contributed by atoms with van der Waals surface area (Å²) in [5.74, 6) is 3.04. The summed E-state index contributed by atoms with van der Waals surface area (Å²) in [6.07, 6.45) is 6.33. The maximum atomic E-state index is 13.1. The molecule has 3 heterocycles. The molecule has 6 nitrogen and oxygen atoms in total. The van der Waals surface area contributed by atoms with Gasteiger partial charge in [-0.1, -0.05) is 6.08 Å². The average molecular weight is 387 g/mol. The van der Waals surface area contributed by atoms with E-state index in [0.29, 0.717) is 24.8 Å². The molecule has 1 fully saturated rings. The lowest BCUT2D eigenvalue weighted by Gasteiger charge is -2.27. The number of carbonyl (C=O) groups excluding carboxylic acids is 1. The van der Waals surface area contributed by atoms with Crippen molar-refractivity contribution >= 4 is 17.7 Å². The van der Waals surface area contributed by atoms with Crippen molar-refractivity contribution in [2.75, 3.05) is 24.6 Å². The molecule has 1 unspecified atom stereocenters. The first-order valence-corrected chi connectivity index (χ1v) is 10.7. The van der Waals surface area contributed by atoms with E-state index < -0.39 is 0 Å². The normalized spacial score (nSPS) is 19.7. The minimum atomic E-state index is 0.0843. The van der Waals surface area contributed by atoms with Gasteiger partial charge in [0.05, 0.1) is 19.4 Å². The number of thioether (sulfide) groups is 1. The van der Waals surface area contributed by atoms with Gasteiger partial charge in [-0.2, -0.15) is 16.9 Å². The Balaban J connectivity index is 1.53. The van der Waals surface area contributed by atoms with Crippen molar-refractivity contribution in [3.8, 4) is 0 Å². The zero-order valence-electron chi connectivity index (χ0n) is 15.5. The van der Waals surface area contributed by atoms with Gasteiger partial charge in [0.25, 0.3) is 5.91 Å². The highest BCUT2D eigenvalue weighted by Crippen LogP contribution is 2.27. The average Bonchev–Trinajstić information content (AvgIpc) is 3.35. The molecule has 0 aromatic carbocycles. The Kier molecular flexibility index (Phi) is 5.69. The Morgan fingerprint density at radius 3 is 3.04 bits per heavy atom. The summed E-state index contributed by atoms with van der Waals surface area (Å²) in [5.41, 5.74) is 2.95. The SMILES string of the molecule is C=CCn1nc(C(=O)N2CCSCC2)c2c1CCC(NCc1ccco1)C2. The molecule has 2 aliphatic rings. The fourth-order valence-corrected chi connectivity index (χ4v) is 4.78. The van der Waals surface area contributed by atoms with Gasteiger partial charge < -0.3 is 14.6 Å². The van der Waals surface area contributed by atoms with Gasteiger partial charge in [0.2, 0.25) is 0 Å². The van der Waals surface area contributed by atoms with Crippen LogP contribution in [0.4, 0.5) is 0 Å². The van der Waals surface area contributed by atoms with Crippen molar-refractivity contribution < 1.29 is 9.21 Å². The molecule has 144 valence electrons. The number of hydrogen-bond donors (Lipinski definition) is 1. The van der Waals surface area contributed by atoms with Gasteiger partial charge in [0.1, 0.15) is 5.76 Å². The highest BCUT2D eigenvalue weighted by Gasteiger charge is 2.31. The molecule has 1 N–H and O–H groups in total. The monoisotopic (exact) mass is 386 g/mol. The summed E-state index contributed by atoms with van der Waals surface area (Å²) in [6, 6.07) is 4.21. The van der Waals surface area contributed by atoms with Gasteiger partial charge in [-0.15, -0.1) is 6.58 Å². The van der Waals surface area contributed by atoms with Gasteiger partial charge >= 0.3 is 0 Å². The van der Waals surface area contributed by atoms with Crippen molar-refractivity contribution in [3.05, 3.63) is 53.8 Å². The van der Waals surface area contributed by atoms with Crippen LogP contribution in [0.25, 0.3) is 0 Å². The number of rotatable bonds is 6. The van der Waals surface area contributed by atoms with Crippen molar-refractivity contribution in [2.24, 2.45) is 0 Å². The van der Waals surface area contributed by atoms with Crippen LogP contribution in [0, 0.1) is 0 Å². The van der Waals surface area contributed by atoms with Crippen LogP contribution in [0.15, 0.2) is 35.5 Å². The number of amides is 1. The van der Waals surface area contributed by atoms with Crippen molar-refractivity contribution in [1.82, 2.24) is 20.0 Å². The Morgan fingerprint density at radius 2 is 2.30 bits per heavy atom. The van der Waals surface area contributed by atoms with Crippen molar-refractivity contribution in [1.29, 1.82) is 0 Å². The van der Waals surface area contributed by atoms with Gasteiger partial charge in [0.15, 0.2) is 5.69 Å². The molecule has 2 aromatic rings. The van der Waals surface area contributed by atoms with E-state index in [0.717, 1.165) is 55.2 Å². The Labute approximate surface area is 164 Å². The summed E-state index contributed by atoms with van der Waals surface area (Å²) in [6.45, 7) is 6.82. The lowest BCUT2D eigenvalue weighted by molar-refractivity contribution is 0.0764. The molecule has 0 spiro atoms. The molecule has 1 aliphatic carbocycles. The fourth-order valence-electron chi connectivity index (χ4n) is 3.88. The zero-order chi connectivity index (χ0) is 18.6. The third-order valence-electron chi connectivity index (χ3n) is 5.29. The highest BCUT2D eigenvalue weighted by atomic mass is 32.2. The smallest absolute Gasteiger partial charge is 0.274 e. The quantitative estimate of drug-likeness (QED) is 0.773. The molecular weight excluding hydrogens is 360 g/mol. The molecule has 0 bridgehead atoms. The Bertz CT molecular complexity index is 793. The van der Waals surface area contributed by atoms with Crippen molar-refractivity contribution in [2.45, 2.75) is 38.4 Å². The first kappa shape index (κ1) is 18.4. The zero-order valence-corrected chi connectivity index (χ0v) is 16.3. The number of allylic oxidation sites excluding steroid dienone is 1. The van der Waals surface area contributed by atoms with Crippen LogP contribution >= 0.6 is 11.8 Å². The van der Waals surface area contributed by atoms with Crippen LogP contribution in [-0.2, 0) is 25.9 Å². The lowest BCUT2D eigenvalue weighted by atomic mass is 9.91. The lowest BCUT2D eigenvalue weighted by Crippen LogP contribution is -2.39. The Morgan fingerprint density at radius 1 is 1.44 bits per heavy atom. The summed E-state index contributed by atoms with van der Waals surface area (Å²) in [4.78, 5) is 15.1. The van der Waals surface area contributed by atoms with Crippen LogP contribution in [-0.4, -0.2) is 51.2 Å². The minimum absolute atomic E-state index is 0.0843. The van der Waals surface area contributed by atoms with E-state index in [2.05, 4.69) is 11.9 Å². The molecular formula is C20H26N4O2S. The number of aromatic nitrogens is 2. The van der Waals surface area contributed by atoms with Crippen LogP contribution in [0.3, 0.4) is 0 Å². The van der Waals surface area contributed by atoms with E-state index in [9.17, 15) is 4.79 Å². The molecule has 2 aromatic heterocycles. The van der Waals surface area contributed by atoms with Gasteiger partial charge in [-0.3, -0.25) is 9.48 Å². The number of fused-ring (bicyclic) bond motifs is 1. The first-order chi connectivity index (χ1) is 13.3. The number of hydrogen-bond acceptors (Lipinski definition) is 5. The molecule has 0 saturated carbocycles. The maximum Gasteiger partial charge on any atom is 0.274 e. The molecule has 7 heteroatoms. The molecule has 27 heavy (non-hydrogen) atoms. The molecule has 1 atom stereocenters. The van der Waals surface area contributed by atoms with E-state index in [1.165, 1.54) is 5.69 Å². The van der Waals surface area contributed by atoms with E-state index in [4.69, 9.17) is 9.52 Å². The van der Waals surface area contributed by atoms with Gasteiger partial charge in [-0.25, -0.2) is 0 Å². The topological polar surface area (TPSA) is 63.3 Å². The summed E-state index contributed by atoms with van der Waals surface area (Å²) >= 11 is 1.91. The third-order valence-corrected chi connectivity index (χ3v) is 6.24. The van der Waals surface area contributed by atoms with Crippen molar-refractivity contribution in [3.63, 3.8) is 0 Å². The predicted octanol–water partition coefficient (Wildman–Crippen LogP) is 2.50. The fraction of sp³-hybridized carbons (Fsp3) is 0.500. The van der Waals surface area contributed by atoms with E-state index in [1.807, 2.05) is 39.6 Å². The number of carbonyl (C=O) groups is 1. The second kappa shape index (κ2) is 8.35. The summed E-state index contributed by atoms with van der Waals surface area (Å²) < 4.78 is 7.39. The molecule has 1 amide bonds. The maximum absolute atomic E-state index is 13.1. The summed E-state index contributed by atoms with van der Waals surface area (Å²) in [5, 5.41) is 8.27. The molecule has 0 radical (unpaired) electrons. The summed E-state index contributed by atoms with van der Waals surface area (Å²) in [7, 11) is 0. The number of nitrogens with one attached hydrogen (secondary N) is 1. The number of furan rings is 1. The minimum Gasteiger partial charge on any atom is -0.468 e. The second-order valence-electron chi connectivity index (χ2n) is 7.05. The largest absolute Gasteiger partial charge is 0.468 e. The van der Waals surface area contributed by atoms with Crippen LogP contribution in [0.2, 0.25) is 0 Å². The predicted molar refractivity (Wildman–Crippen MR) is 107 cm³/mol. The van der Waals surface area contributed by atoms with Gasteiger partial charge in [-0.05, 0) is 31.4 Å². The van der Waals surface area contributed by atoms with Crippen LogP contribution in [0.1, 0.15) is 33.9 Å². The van der Waals surface area contributed by atoms with Gasteiger partial charge in [0, 0.05) is 41.9 Å². The van der Waals surface area contributed by atoms with E-state index >= 15 is 0 Å². The van der Waals surface area contributed by atoms with E-state index in [-0.39, 0.29) is 5.91 Å². The van der Waals surface area contributed by atoms with Crippen LogP contribution in [0.5, 0.6) is 0 Å². The second-order valence-corrected chi connectivity index (χ2v) is 8.27. The van der Waals surface area contributed by atoms with E-state index in [1.54, 1.807) is 6.26 Å². The molecule has 1 saturated heterocycles. The Hall–Kier alpha value is -1.99. The standard InChI is InChI=1S/C20H26N4O2S/c1-2-7-24-18-6-5-15(21-14-16-4-3-10-26-16)13-17(18)19(22-24)20(25)23-8-11-27-12-9-23/h2-4,10,15,21H,1,5-9,11-14H2. The van der Waals surface area contributed by atoms with Crippen LogP contribution < -0.4 is 5.32 Å². The third kappa shape index (κ3) is 3.99. The molecule has 1 aliphatic heterocycles.